The predicted molar refractivity (Wildman–Crippen MR) is 86.7 cm³/mol. The van der Waals surface area contributed by atoms with Crippen LogP contribution in [-0.2, 0) is 20.2 Å². The van der Waals surface area contributed by atoms with Gasteiger partial charge >= 0.3 is 59.1 Å². The summed E-state index contributed by atoms with van der Waals surface area (Å²) in [7, 11) is -10.4. The largest absolute Gasteiger partial charge is 1.00 e. The van der Waals surface area contributed by atoms with Gasteiger partial charge in [0.2, 0.25) is 0 Å². The van der Waals surface area contributed by atoms with Crippen molar-refractivity contribution in [2.24, 2.45) is 5.41 Å². The molecule has 0 N–H and O–H groups in total. The van der Waals surface area contributed by atoms with Crippen molar-refractivity contribution in [1.29, 1.82) is 0 Å². The summed E-state index contributed by atoms with van der Waals surface area (Å²) in [6, 6.07) is 0. The van der Waals surface area contributed by atoms with Gasteiger partial charge in [-0.05, 0) is 24.7 Å². The van der Waals surface area contributed by atoms with Gasteiger partial charge in [0.15, 0.2) is 0 Å². The third-order valence-corrected chi connectivity index (χ3v) is 8.36. The third kappa shape index (κ3) is 9.72. The van der Waals surface area contributed by atoms with Crippen molar-refractivity contribution in [2.75, 3.05) is 0 Å². The zero-order valence-corrected chi connectivity index (χ0v) is 21.5. The molecule has 0 aliphatic heterocycles. The van der Waals surface area contributed by atoms with Crippen LogP contribution in [0.15, 0.2) is 0 Å². The van der Waals surface area contributed by atoms with E-state index < -0.39 is 30.2 Å². The number of hydrogen-bond donors (Lipinski definition) is 0. The molecule has 1 rings (SSSR count). The number of rotatable bonds is 10. The molecule has 0 atom stereocenters. The van der Waals surface area contributed by atoms with Crippen LogP contribution < -0.4 is 59.1 Å². The molecule has 0 saturated heterocycles. The van der Waals surface area contributed by atoms with Crippen LogP contribution in [0.5, 0.6) is 0 Å². The van der Waals surface area contributed by atoms with Crippen LogP contribution in [0, 0.1) is 5.41 Å². The number of hydrogen-bond acceptors (Lipinski definition) is 6. The summed E-state index contributed by atoms with van der Waals surface area (Å²) in [5, 5.41) is 0. The van der Waals surface area contributed by atoms with Crippen molar-refractivity contribution >= 4 is 20.2 Å². The fourth-order valence-corrected chi connectivity index (χ4v) is 6.96. The minimum atomic E-state index is -5.18. The maximum Gasteiger partial charge on any atom is 1.00 e. The zero-order valence-electron chi connectivity index (χ0n) is 15.8. The molecule has 6 nitrogen and oxygen atoms in total. The van der Waals surface area contributed by atoms with Gasteiger partial charge < -0.3 is 9.11 Å². The first-order chi connectivity index (χ1) is 10.6. The Bertz CT molecular complexity index is 525. The van der Waals surface area contributed by atoms with E-state index in [1.54, 1.807) is 0 Å². The molecule has 0 aromatic rings. The van der Waals surface area contributed by atoms with Crippen molar-refractivity contribution in [3.8, 4) is 0 Å². The Morgan fingerprint density at radius 2 is 1.24 bits per heavy atom. The molecule has 0 amide bonds. The van der Waals surface area contributed by atoms with Crippen molar-refractivity contribution in [3.63, 3.8) is 0 Å². The molecule has 0 radical (unpaired) electrons. The van der Waals surface area contributed by atoms with E-state index in [1.807, 2.05) is 0 Å². The first kappa shape index (κ1) is 29.0. The topological polar surface area (TPSA) is 114 Å². The molecule has 138 valence electrons. The molecular weight excluding hydrogens is 386 g/mol. The minimum Gasteiger partial charge on any atom is -0.747 e. The second-order valence-corrected chi connectivity index (χ2v) is 9.97. The van der Waals surface area contributed by atoms with Crippen molar-refractivity contribution in [1.82, 2.24) is 0 Å². The molecular formula is C15H28Na2O6S2. The van der Waals surface area contributed by atoms with Gasteiger partial charge in [0.25, 0.3) is 0 Å². The molecule has 0 bridgehead atoms. The van der Waals surface area contributed by atoms with E-state index in [4.69, 9.17) is 0 Å². The van der Waals surface area contributed by atoms with Crippen LogP contribution in [0.2, 0.25) is 0 Å². The molecule has 1 aliphatic carbocycles. The second kappa shape index (κ2) is 13.1. The summed E-state index contributed by atoms with van der Waals surface area (Å²) < 4.78 is 66.8. The van der Waals surface area contributed by atoms with Gasteiger partial charge in [0, 0.05) is 0 Å². The van der Waals surface area contributed by atoms with Gasteiger partial charge in [-0.15, -0.1) is 0 Å². The van der Waals surface area contributed by atoms with E-state index in [0.717, 1.165) is 38.5 Å². The Morgan fingerprint density at radius 1 is 0.800 bits per heavy atom. The third-order valence-electron chi connectivity index (χ3n) is 4.90. The van der Waals surface area contributed by atoms with Gasteiger partial charge in [-0.2, -0.15) is 0 Å². The molecule has 1 saturated carbocycles. The average Bonchev–Trinajstić information content (AvgIpc) is 2.40. The van der Waals surface area contributed by atoms with E-state index in [-0.39, 0.29) is 59.1 Å². The van der Waals surface area contributed by atoms with Crippen LogP contribution in [-0.4, -0.2) is 30.5 Å². The quantitative estimate of drug-likeness (QED) is 0.215. The maximum atomic E-state index is 11.5. The molecule has 1 fully saturated rings. The Balaban J connectivity index is 0. The minimum absolute atomic E-state index is 0. The molecule has 0 aromatic carbocycles. The van der Waals surface area contributed by atoms with E-state index in [1.165, 1.54) is 0 Å². The molecule has 0 heterocycles. The Hall–Kier alpha value is 1.82. The van der Waals surface area contributed by atoms with Crippen LogP contribution >= 0.6 is 0 Å². The Morgan fingerprint density at radius 3 is 1.68 bits per heavy atom. The van der Waals surface area contributed by atoms with Crippen molar-refractivity contribution in [2.45, 2.75) is 88.6 Å². The molecule has 10 heteroatoms. The van der Waals surface area contributed by atoms with Crippen LogP contribution in [0.1, 0.15) is 84.0 Å². The maximum absolute atomic E-state index is 11.5. The fraction of sp³-hybridized carbons (Fsp3) is 1.00. The molecule has 1 aliphatic rings. The predicted octanol–water partition coefficient (Wildman–Crippen LogP) is -2.89. The number of unbranched alkanes of at least 4 members (excludes halogenated alkanes) is 5. The SMILES string of the molecule is CCCCCCCCC1(C(S(=O)(=O)[O-])S(=O)(=O)[O-])CCCCC1.[Na+].[Na+]. The van der Waals surface area contributed by atoms with Gasteiger partial charge in [-0.3, -0.25) is 0 Å². The van der Waals surface area contributed by atoms with E-state index in [9.17, 15) is 25.9 Å². The molecule has 25 heavy (non-hydrogen) atoms. The van der Waals surface area contributed by atoms with E-state index >= 15 is 0 Å². The summed E-state index contributed by atoms with van der Waals surface area (Å²) in [5.74, 6) is 0. The average molecular weight is 414 g/mol. The van der Waals surface area contributed by atoms with Crippen LogP contribution in [0.25, 0.3) is 0 Å². The first-order valence-electron chi connectivity index (χ1n) is 8.53. The van der Waals surface area contributed by atoms with Crippen molar-refractivity contribution in [3.05, 3.63) is 0 Å². The first-order valence-corrected chi connectivity index (χ1v) is 11.5. The second-order valence-electron chi connectivity index (χ2n) is 6.76. The van der Waals surface area contributed by atoms with Gasteiger partial charge in [-0.1, -0.05) is 64.7 Å². The summed E-state index contributed by atoms with van der Waals surface area (Å²) in [4.78, 5) is 0. The molecule has 0 unspecified atom stereocenters. The smallest absolute Gasteiger partial charge is 0.747 e. The summed E-state index contributed by atoms with van der Waals surface area (Å²) in [6.07, 6.45) is 9.06. The monoisotopic (exact) mass is 414 g/mol. The van der Waals surface area contributed by atoms with E-state index in [2.05, 4.69) is 6.92 Å². The molecule has 0 spiro atoms. The van der Waals surface area contributed by atoms with Crippen LogP contribution in [0.3, 0.4) is 0 Å². The van der Waals surface area contributed by atoms with Gasteiger partial charge in [0.1, 0.15) is 24.8 Å². The van der Waals surface area contributed by atoms with Crippen molar-refractivity contribution < 1.29 is 85.1 Å². The van der Waals surface area contributed by atoms with Gasteiger partial charge in [0.05, 0.1) is 0 Å². The Labute approximate surface area is 197 Å². The van der Waals surface area contributed by atoms with Crippen LogP contribution in [0.4, 0.5) is 0 Å². The fourth-order valence-electron chi connectivity index (χ4n) is 3.87. The molecule has 0 aromatic heterocycles. The standard InChI is InChI=1S/C15H30O6S2.2Na/c1-2-3-4-5-6-8-11-15(12-9-7-10-13-15)14(22(16,17)18)23(19,20)21;;/h14H,2-13H2,1H3,(H,16,17,18)(H,19,20,21);;/q;2*+1/p-2. The summed E-state index contributed by atoms with van der Waals surface area (Å²) in [5.41, 5.74) is -1.19. The van der Waals surface area contributed by atoms with E-state index in [0.29, 0.717) is 38.5 Å². The Kier molecular flexibility index (Phi) is 15.2. The normalized spacial score (nSPS) is 17.6. The zero-order chi connectivity index (χ0) is 17.6. The van der Waals surface area contributed by atoms with Gasteiger partial charge in [-0.25, -0.2) is 16.8 Å². The summed E-state index contributed by atoms with van der Waals surface area (Å²) >= 11 is 0. The summed E-state index contributed by atoms with van der Waals surface area (Å²) in [6.45, 7) is 2.11.